The quantitative estimate of drug-likeness (QED) is 0.823. The van der Waals surface area contributed by atoms with Crippen molar-refractivity contribution in [2.75, 3.05) is 13.1 Å². The van der Waals surface area contributed by atoms with Crippen LogP contribution in [-0.4, -0.2) is 36.0 Å². The van der Waals surface area contributed by atoms with Gasteiger partial charge in [0.05, 0.1) is 0 Å². The number of nitrogens with one attached hydrogen (secondary N) is 1. The molecule has 2 rings (SSSR count). The lowest BCUT2D eigenvalue weighted by molar-refractivity contribution is -0.127. The van der Waals surface area contributed by atoms with E-state index >= 15 is 0 Å². The molecule has 1 fully saturated rings. The molecule has 1 amide bonds. The Morgan fingerprint density at radius 2 is 1.80 bits per heavy atom. The minimum absolute atomic E-state index is 0. The average Bonchev–Trinajstić information content (AvgIpc) is 2.36. The van der Waals surface area contributed by atoms with E-state index in [-0.39, 0.29) is 18.3 Å². The molecule has 0 bridgehead atoms. The van der Waals surface area contributed by atoms with Crippen molar-refractivity contribution in [3.05, 3.63) is 40.4 Å². The van der Waals surface area contributed by atoms with E-state index in [4.69, 9.17) is 0 Å². The second-order valence-electron chi connectivity index (χ2n) is 5.10. The number of amides is 1. The molecule has 20 heavy (non-hydrogen) atoms. The predicted octanol–water partition coefficient (Wildman–Crippen LogP) is 3.09. The summed E-state index contributed by atoms with van der Waals surface area (Å²) in [6, 6.07) is 8.62. The van der Waals surface area contributed by atoms with Gasteiger partial charge in [-0.2, -0.15) is 0 Å². The van der Waals surface area contributed by atoms with E-state index in [1.807, 2.05) is 35.2 Å². The maximum Gasteiger partial charge on any atom is 0.246 e. The van der Waals surface area contributed by atoms with Gasteiger partial charge in [-0.1, -0.05) is 28.1 Å². The molecule has 0 aliphatic carbocycles. The summed E-state index contributed by atoms with van der Waals surface area (Å²) < 4.78 is 1.04. The van der Waals surface area contributed by atoms with Crippen LogP contribution >= 0.6 is 28.3 Å². The van der Waals surface area contributed by atoms with Gasteiger partial charge in [-0.25, -0.2) is 0 Å². The SMILES string of the molecule is CC1CN(C(=O)C=Cc2ccc(Br)cc2)CC(C)N1.Cl. The molecule has 1 heterocycles. The molecule has 0 radical (unpaired) electrons. The van der Waals surface area contributed by atoms with Gasteiger partial charge < -0.3 is 10.2 Å². The zero-order chi connectivity index (χ0) is 13.8. The number of nitrogens with zero attached hydrogens (tertiary/aromatic N) is 1. The van der Waals surface area contributed by atoms with Crippen LogP contribution in [0.2, 0.25) is 0 Å². The minimum atomic E-state index is 0. The monoisotopic (exact) mass is 358 g/mol. The first kappa shape index (κ1) is 17.2. The van der Waals surface area contributed by atoms with Gasteiger partial charge >= 0.3 is 0 Å². The van der Waals surface area contributed by atoms with Crippen LogP contribution in [0, 0.1) is 0 Å². The Kier molecular flexibility index (Phi) is 6.72. The standard InChI is InChI=1S/C15H19BrN2O.ClH/c1-11-9-18(10-12(2)17-11)15(19)8-5-13-3-6-14(16)7-4-13;/h3-8,11-12,17H,9-10H2,1-2H3;1H. The second-order valence-corrected chi connectivity index (χ2v) is 6.01. The smallest absolute Gasteiger partial charge is 0.246 e. The molecule has 0 saturated carbocycles. The third-order valence-corrected chi connectivity index (χ3v) is 3.69. The Morgan fingerprint density at radius 1 is 1.25 bits per heavy atom. The Hall–Kier alpha value is -0.840. The molecule has 0 aromatic heterocycles. The second kappa shape index (κ2) is 7.81. The predicted molar refractivity (Wildman–Crippen MR) is 89.1 cm³/mol. The molecule has 1 saturated heterocycles. The molecule has 1 aliphatic heterocycles. The molecule has 1 aromatic carbocycles. The number of hydrogen-bond donors (Lipinski definition) is 1. The largest absolute Gasteiger partial charge is 0.336 e. The fourth-order valence-electron chi connectivity index (χ4n) is 2.35. The van der Waals surface area contributed by atoms with Crippen LogP contribution in [0.25, 0.3) is 6.08 Å². The topological polar surface area (TPSA) is 32.3 Å². The lowest BCUT2D eigenvalue weighted by Gasteiger charge is -2.35. The first-order chi connectivity index (χ1) is 9.04. The van der Waals surface area contributed by atoms with Gasteiger partial charge in [0.15, 0.2) is 0 Å². The fourth-order valence-corrected chi connectivity index (χ4v) is 2.62. The minimum Gasteiger partial charge on any atom is -0.336 e. The number of hydrogen-bond acceptors (Lipinski definition) is 2. The van der Waals surface area contributed by atoms with Crippen molar-refractivity contribution >= 4 is 40.3 Å². The summed E-state index contributed by atoms with van der Waals surface area (Å²) in [5.74, 6) is 0.0862. The number of benzene rings is 1. The third kappa shape index (κ3) is 4.93. The van der Waals surface area contributed by atoms with E-state index in [1.165, 1.54) is 0 Å². The van der Waals surface area contributed by atoms with Gasteiger partial charge in [-0.15, -0.1) is 12.4 Å². The highest BCUT2D eigenvalue weighted by molar-refractivity contribution is 9.10. The van der Waals surface area contributed by atoms with Crippen LogP contribution in [0.5, 0.6) is 0 Å². The Bertz CT molecular complexity index is 465. The van der Waals surface area contributed by atoms with E-state index < -0.39 is 0 Å². The molecule has 5 heteroatoms. The van der Waals surface area contributed by atoms with Gasteiger partial charge in [0.25, 0.3) is 0 Å². The summed E-state index contributed by atoms with van der Waals surface area (Å²) in [6.07, 6.45) is 3.53. The first-order valence-corrected chi connectivity index (χ1v) is 7.32. The summed E-state index contributed by atoms with van der Waals surface area (Å²) in [6.45, 7) is 5.75. The Labute approximate surface area is 135 Å². The van der Waals surface area contributed by atoms with E-state index in [2.05, 4.69) is 35.1 Å². The van der Waals surface area contributed by atoms with Crippen LogP contribution in [0.3, 0.4) is 0 Å². The van der Waals surface area contributed by atoms with Gasteiger partial charge in [0.2, 0.25) is 5.91 Å². The molecular weight excluding hydrogens is 340 g/mol. The van der Waals surface area contributed by atoms with E-state index in [0.717, 1.165) is 23.1 Å². The highest BCUT2D eigenvalue weighted by Crippen LogP contribution is 2.12. The molecule has 1 aliphatic rings. The molecule has 2 unspecified atom stereocenters. The maximum absolute atomic E-state index is 12.1. The van der Waals surface area contributed by atoms with Gasteiger partial charge in [0, 0.05) is 35.7 Å². The average molecular weight is 360 g/mol. The van der Waals surface area contributed by atoms with E-state index in [0.29, 0.717) is 12.1 Å². The van der Waals surface area contributed by atoms with Crippen molar-refractivity contribution in [2.45, 2.75) is 25.9 Å². The molecular formula is C15H20BrClN2O. The molecule has 110 valence electrons. The summed E-state index contributed by atoms with van der Waals surface area (Å²) in [5.41, 5.74) is 1.03. The van der Waals surface area contributed by atoms with Crippen LogP contribution in [-0.2, 0) is 4.79 Å². The number of piperazine rings is 1. The van der Waals surface area contributed by atoms with E-state index in [1.54, 1.807) is 6.08 Å². The lowest BCUT2D eigenvalue weighted by Crippen LogP contribution is -2.55. The Balaban J connectivity index is 0.00000200. The summed E-state index contributed by atoms with van der Waals surface area (Å²) in [7, 11) is 0. The van der Waals surface area contributed by atoms with Crippen LogP contribution < -0.4 is 5.32 Å². The van der Waals surface area contributed by atoms with Crippen molar-refractivity contribution in [3.63, 3.8) is 0 Å². The van der Waals surface area contributed by atoms with Gasteiger partial charge in [0.1, 0.15) is 0 Å². The maximum atomic E-state index is 12.1. The summed E-state index contributed by atoms with van der Waals surface area (Å²) in [5, 5.41) is 3.42. The van der Waals surface area contributed by atoms with Crippen molar-refractivity contribution in [1.29, 1.82) is 0 Å². The highest BCUT2D eigenvalue weighted by Gasteiger charge is 2.23. The van der Waals surface area contributed by atoms with Gasteiger partial charge in [-0.3, -0.25) is 4.79 Å². The van der Waals surface area contributed by atoms with E-state index in [9.17, 15) is 4.79 Å². The number of carbonyl (C=O) groups excluding carboxylic acids is 1. The lowest BCUT2D eigenvalue weighted by atomic mass is 10.1. The third-order valence-electron chi connectivity index (χ3n) is 3.16. The Morgan fingerprint density at radius 3 is 2.35 bits per heavy atom. The molecule has 1 N–H and O–H groups in total. The zero-order valence-electron chi connectivity index (χ0n) is 11.7. The molecule has 3 nitrogen and oxygen atoms in total. The van der Waals surface area contributed by atoms with Crippen molar-refractivity contribution in [1.82, 2.24) is 10.2 Å². The molecule has 1 aromatic rings. The first-order valence-electron chi connectivity index (χ1n) is 6.53. The number of carbonyl (C=O) groups is 1. The normalized spacial score (nSPS) is 22.6. The fraction of sp³-hybridized carbons (Fsp3) is 0.400. The zero-order valence-corrected chi connectivity index (χ0v) is 14.1. The van der Waals surface area contributed by atoms with Crippen LogP contribution in [0.1, 0.15) is 19.4 Å². The van der Waals surface area contributed by atoms with Crippen LogP contribution in [0.15, 0.2) is 34.8 Å². The van der Waals surface area contributed by atoms with Crippen LogP contribution in [0.4, 0.5) is 0 Å². The summed E-state index contributed by atoms with van der Waals surface area (Å²) in [4.78, 5) is 14.0. The van der Waals surface area contributed by atoms with Gasteiger partial charge in [-0.05, 0) is 37.6 Å². The molecule has 0 spiro atoms. The van der Waals surface area contributed by atoms with Crippen molar-refractivity contribution < 1.29 is 4.79 Å². The number of halogens is 2. The van der Waals surface area contributed by atoms with Crippen molar-refractivity contribution in [2.24, 2.45) is 0 Å². The highest BCUT2D eigenvalue weighted by atomic mass is 79.9. The van der Waals surface area contributed by atoms with Crippen molar-refractivity contribution in [3.8, 4) is 0 Å². The number of rotatable bonds is 2. The molecule has 2 atom stereocenters. The summed E-state index contributed by atoms with van der Waals surface area (Å²) >= 11 is 3.40.